The Balaban J connectivity index is 1.61. The first-order valence-corrected chi connectivity index (χ1v) is 9.27. The second-order valence-corrected chi connectivity index (χ2v) is 7.46. The molecule has 2 aliphatic heterocycles. The summed E-state index contributed by atoms with van der Waals surface area (Å²) >= 11 is 1.45. The van der Waals surface area contributed by atoms with Crippen molar-refractivity contribution in [3.63, 3.8) is 0 Å². The van der Waals surface area contributed by atoms with E-state index in [1.54, 1.807) is 4.90 Å². The summed E-state index contributed by atoms with van der Waals surface area (Å²) in [5.41, 5.74) is 1.91. The molecule has 0 aliphatic carbocycles. The molecule has 3 heterocycles. The standard InChI is InChI=1S/C19H17N3O3S/c1-12-9-13-5-2-3-7-16(13)22(12)18(24)15-10-20-19(25)21(17(15)23)11-14-6-4-8-26-14/h2-8,10,12,15H,9,11H2,1H3. The van der Waals surface area contributed by atoms with Gasteiger partial charge in [0.05, 0.1) is 6.54 Å². The highest BCUT2D eigenvalue weighted by atomic mass is 32.1. The largest absolute Gasteiger partial charge is 0.350 e. The smallest absolute Gasteiger partial charge is 0.308 e. The third-order valence-corrected chi connectivity index (χ3v) is 5.56. The Labute approximate surface area is 154 Å². The molecule has 1 aromatic carbocycles. The Bertz CT molecular complexity index is 907. The number of thiophene rings is 1. The Morgan fingerprint density at radius 2 is 2.04 bits per heavy atom. The predicted octanol–water partition coefficient (Wildman–Crippen LogP) is 2.88. The van der Waals surface area contributed by atoms with Crippen LogP contribution in [-0.2, 0) is 22.6 Å². The van der Waals surface area contributed by atoms with E-state index in [0.717, 1.165) is 27.4 Å². The Kier molecular flexibility index (Phi) is 4.16. The first-order chi connectivity index (χ1) is 12.6. The van der Waals surface area contributed by atoms with Crippen molar-refractivity contribution in [2.45, 2.75) is 25.9 Å². The van der Waals surface area contributed by atoms with Crippen LogP contribution in [0.3, 0.4) is 0 Å². The van der Waals surface area contributed by atoms with Crippen molar-refractivity contribution in [3.05, 3.63) is 52.2 Å². The van der Waals surface area contributed by atoms with Crippen molar-refractivity contribution in [1.82, 2.24) is 4.90 Å². The first kappa shape index (κ1) is 16.7. The number of anilines is 1. The Hall–Kier alpha value is -2.80. The number of carbonyl (C=O) groups is 3. The van der Waals surface area contributed by atoms with Gasteiger partial charge >= 0.3 is 6.03 Å². The lowest BCUT2D eigenvalue weighted by atomic mass is 10.1. The van der Waals surface area contributed by atoms with Gasteiger partial charge in [0.15, 0.2) is 5.92 Å². The van der Waals surface area contributed by atoms with Gasteiger partial charge in [0.2, 0.25) is 11.8 Å². The van der Waals surface area contributed by atoms with Crippen molar-refractivity contribution < 1.29 is 14.4 Å². The maximum Gasteiger partial charge on any atom is 0.350 e. The molecule has 0 fully saturated rings. The monoisotopic (exact) mass is 367 g/mol. The van der Waals surface area contributed by atoms with Gasteiger partial charge in [0.25, 0.3) is 0 Å². The quantitative estimate of drug-likeness (QED) is 0.783. The number of amides is 4. The van der Waals surface area contributed by atoms with Crippen LogP contribution < -0.4 is 4.90 Å². The van der Waals surface area contributed by atoms with Crippen LogP contribution in [0.25, 0.3) is 0 Å². The molecule has 132 valence electrons. The summed E-state index contributed by atoms with van der Waals surface area (Å²) in [5.74, 6) is -1.92. The first-order valence-electron chi connectivity index (χ1n) is 8.39. The summed E-state index contributed by atoms with van der Waals surface area (Å²) in [7, 11) is 0. The Morgan fingerprint density at radius 3 is 2.81 bits per heavy atom. The zero-order chi connectivity index (χ0) is 18.3. The van der Waals surface area contributed by atoms with Gasteiger partial charge in [0.1, 0.15) is 0 Å². The second kappa shape index (κ2) is 6.49. The zero-order valence-corrected chi connectivity index (χ0v) is 15.0. The number of aliphatic imine (C=N–C) groups is 1. The van der Waals surface area contributed by atoms with Crippen LogP contribution in [0.5, 0.6) is 0 Å². The number of hydrogen-bond acceptors (Lipinski definition) is 4. The third-order valence-electron chi connectivity index (χ3n) is 4.70. The van der Waals surface area contributed by atoms with Crippen molar-refractivity contribution in [1.29, 1.82) is 0 Å². The van der Waals surface area contributed by atoms with Crippen LogP contribution in [0.2, 0.25) is 0 Å². The zero-order valence-electron chi connectivity index (χ0n) is 14.2. The molecule has 4 amide bonds. The molecule has 26 heavy (non-hydrogen) atoms. The molecule has 0 spiro atoms. The van der Waals surface area contributed by atoms with Gasteiger partial charge in [-0.2, -0.15) is 0 Å². The van der Waals surface area contributed by atoms with E-state index in [9.17, 15) is 14.4 Å². The lowest BCUT2D eigenvalue weighted by Gasteiger charge is -2.30. The summed E-state index contributed by atoms with van der Waals surface area (Å²) in [6.45, 7) is 2.10. The minimum absolute atomic E-state index is 0.0375. The number of benzene rings is 1. The van der Waals surface area contributed by atoms with Gasteiger partial charge in [-0.15, -0.1) is 11.3 Å². The second-order valence-electron chi connectivity index (χ2n) is 6.43. The SMILES string of the molecule is CC1Cc2ccccc2N1C(=O)C1C=NC(=O)N(Cc2cccs2)C1=O. The number of rotatable bonds is 3. The molecular formula is C19H17N3O3S. The average Bonchev–Trinajstić information content (AvgIpc) is 3.24. The molecule has 0 bridgehead atoms. The van der Waals surface area contributed by atoms with Crippen molar-refractivity contribution in [2.75, 3.05) is 4.90 Å². The minimum Gasteiger partial charge on any atom is -0.308 e. The van der Waals surface area contributed by atoms with Crippen LogP contribution in [0.4, 0.5) is 10.5 Å². The number of carbonyl (C=O) groups excluding carboxylic acids is 3. The summed E-state index contributed by atoms with van der Waals surface area (Å²) < 4.78 is 0. The lowest BCUT2D eigenvalue weighted by Crippen LogP contribution is -2.51. The van der Waals surface area contributed by atoms with Crippen LogP contribution in [-0.4, -0.2) is 35.0 Å². The fraction of sp³-hybridized carbons (Fsp3) is 0.263. The molecule has 4 rings (SSSR count). The van der Waals surface area contributed by atoms with Gasteiger partial charge in [-0.3, -0.25) is 14.5 Å². The third kappa shape index (κ3) is 2.74. The molecule has 0 saturated carbocycles. The molecule has 6 nitrogen and oxygen atoms in total. The molecule has 2 aromatic rings. The Morgan fingerprint density at radius 1 is 1.23 bits per heavy atom. The van der Waals surface area contributed by atoms with Gasteiger partial charge in [-0.05, 0) is 36.4 Å². The normalized spacial score (nSPS) is 22.0. The van der Waals surface area contributed by atoms with E-state index in [4.69, 9.17) is 0 Å². The van der Waals surface area contributed by atoms with Crippen molar-refractivity contribution in [3.8, 4) is 0 Å². The summed E-state index contributed by atoms with van der Waals surface area (Å²) in [6.07, 6.45) is 1.93. The van der Waals surface area contributed by atoms with E-state index in [0.29, 0.717) is 0 Å². The van der Waals surface area contributed by atoms with Crippen LogP contribution in [0.15, 0.2) is 46.8 Å². The highest BCUT2D eigenvalue weighted by Gasteiger charge is 2.42. The highest BCUT2D eigenvalue weighted by molar-refractivity contribution is 7.09. The fourth-order valence-electron chi connectivity index (χ4n) is 3.46. The molecule has 0 radical (unpaired) electrons. The summed E-state index contributed by atoms with van der Waals surface area (Å²) in [5, 5.41) is 1.88. The van der Waals surface area contributed by atoms with Gasteiger partial charge < -0.3 is 4.90 Å². The summed E-state index contributed by atoms with van der Waals surface area (Å²) in [6, 6.07) is 10.7. The molecule has 2 unspecified atom stereocenters. The number of hydrogen-bond donors (Lipinski definition) is 0. The molecular weight excluding hydrogens is 350 g/mol. The molecule has 2 atom stereocenters. The number of urea groups is 1. The van der Waals surface area contributed by atoms with Gasteiger partial charge in [-0.25, -0.2) is 9.79 Å². The number of fused-ring (bicyclic) bond motifs is 1. The van der Waals surface area contributed by atoms with E-state index in [1.165, 1.54) is 17.6 Å². The maximum absolute atomic E-state index is 13.1. The van der Waals surface area contributed by atoms with E-state index in [2.05, 4.69) is 4.99 Å². The number of para-hydroxylation sites is 1. The number of imide groups is 1. The molecule has 2 aliphatic rings. The average molecular weight is 367 g/mol. The van der Waals surface area contributed by atoms with E-state index >= 15 is 0 Å². The van der Waals surface area contributed by atoms with Crippen LogP contribution >= 0.6 is 11.3 Å². The molecule has 7 heteroatoms. The maximum atomic E-state index is 13.1. The van der Waals surface area contributed by atoms with Crippen molar-refractivity contribution in [2.24, 2.45) is 10.9 Å². The number of nitrogens with zero attached hydrogens (tertiary/aromatic N) is 3. The van der Waals surface area contributed by atoms with E-state index in [-0.39, 0.29) is 18.5 Å². The van der Waals surface area contributed by atoms with Gasteiger partial charge in [0, 0.05) is 22.8 Å². The summed E-state index contributed by atoms with van der Waals surface area (Å²) in [4.78, 5) is 45.4. The molecule has 0 saturated heterocycles. The van der Waals surface area contributed by atoms with Crippen LogP contribution in [0.1, 0.15) is 17.4 Å². The minimum atomic E-state index is -1.07. The fourth-order valence-corrected chi connectivity index (χ4v) is 4.15. The topological polar surface area (TPSA) is 70.1 Å². The van der Waals surface area contributed by atoms with E-state index in [1.807, 2.05) is 48.7 Å². The van der Waals surface area contributed by atoms with Crippen LogP contribution in [0, 0.1) is 5.92 Å². The molecule has 1 aromatic heterocycles. The van der Waals surface area contributed by atoms with Gasteiger partial charge in [-0.1, -0.05) is 24.3 Å². The highest BCUT2D eigenvalue weighted by Crippen LogP contribution is 2.33. The van der Waals surface area contributed by atoms with Crippen molar-refractivity contribution >= 4 is 41.1 Å². The molecule has 0 N–H and O–H groups in total. The predicted molar refractivity (Wildman–Crippen MR) is 99.3 cm³/mol. The van der Waals surface area contributed by atoms with E-state index < -0.39 is 17.9 Å². The lowest BCUT2D eigenvalue weighted by molar-refractivity contribution is -0.136.